The van der Waals surface area contributed by atoms with Crippen molar-refractivity contribution in [2.24, 2.45) is 5.92 Å². The van der Waals surface area contributed by atoms with Crippen LogP contribution in [0.2, 0.25) is 0 Å². The summed E-state index contributed by atoms with van der Waals surface area (Å²) in [5, 5.41) is 0. The van der Waals surface area contributed by atoms with Crippen LogP contribution >= 0.6 is 0 Å². The predicted octanol–water partition coefficient (Wildman–Crippen LogP) is 6.18. The van der Waals surface area contributed by atoms with E-state index in [1.807, 2.05) is 0 Å². The fourth-order valence-corrected chi connectivity index (χ4v) is 3.46. The molecule has 1 saturated carbocycles. The van der Waals surface area contributed by atoms with Gasteiger partial charge in [0.05, 0.1) is 6.33 Å². The molecule has 0 aliphatic heterocycles. The molecule has 0 aromatic heterocycles. The maximum absolute atomic E-state index is 11.9. The molecule has 20 heavy (non-hydrogen) atoms. The van der Waals surface area contributed by atoms with Gasteiger partial charge in [-0.15, -0.1) is 0 Å². The van der Waals surface area contributed by atoms with Gasteiger partial charge in [0.1, 0.15) is 0 Å². The molecule has 0 amide bonds. The zero-order valence-electron chi connectivity index (χ0n) is 12.7. The van der Waals surface area contributed by atoms with E-state index >= 15 is 0 Å². The minimum Gasteiger partial charge on any atom is -0.216 e. The van der Waals surface area contributed by atoms with E-state index in [0.717, 1.165) is 24.7 Å². The third-order valence-electron chi connectivity index (χ3n) is 4.68. The molecule has 1 aromatic rings. The molecule has 0 unspecified atom stereocenters. The van der Waals surface area contributed by atoms with Crippen molar-refractivity contribution in [3.8, 4) is 0 Å². The maximum atomic E-state index is 11.9. The van der Waals surface area contributed by atoms with Crippen molar-refractivity contribution in [1.82, 2.24) is 0 Å². The zero-order valence-corrected chi connectivity index (χ0v) is 12.7. The highest BCUT2D eigenvalue weighted by Gasteiger charge is 2.21. The molecule has 0 nitrogen and oxygen atoms in total. The molecule has 0 saturated heterocycles. The van der Waals surface area contributed by atoms with Crippen molar-refractivity contribution in [2.75, 3.05) is 0 Å². The number of allylic oxidation sites excluding steroid dienone is 1. The highest BCUT2D eigenvalue weighted by atomic mass is 19.1. The summed E-state index contributed by atoms with van der Waals surface area (Å²) in [6.45, 7) is 2.29. The average molecular weight is 274 g/mol. The van der Waals surface area contributed by atoms with Gasteiger partial charge in [-0.1, -0.05) is 50.1 Å². The lowest BCUT2D eigenvalue weighted by Crippen LogP contribution is -2.13. The minimum atomic E-state index is 0.642. The summed E-state index contributed by atoms with van der Waals surface area (Å²) in [4.78, 5) is 0. The first-order valence-electron chi connectivity index (χ1n) is 8.17. The molecule has 0 spiro atoms. The van der Waals surface area contributed by atoms with Gasteiger partial charge in [0.2, 0.25) is 0 Å². The normalized spacial score (nSPS) is 23.3. The van der Waals surface area contributed by atoms with Gasteiger partial charge in [0.15, 0.2) is 0 Å². The lowest BCUT2D eigenvalue weighted by atomic mass is 9.77. The van der Waals surface area contributed by atoms with Gasteiger partial charge in [-0.05, 0) is 61.5 Å². The van der Waals surface area contributed by atoms with Gasteiger partial charge in [0, 0.05) is 0 Å². The zero-order chi connectivity index (χ0) is 14.2. The van der Waals surface area contributed by atoms with Crippen LogP contribution in [0, 0.1) is 5.92 Å². The topological polar surface area (TPSA) is 0 Å². The largest absolute Gasteiger partial charge is 0.216 e. The Labute approximate surface area is 123 Å². The number of benzene rings is 1. The van der Waals surface area contributed by atoms with E-state index in [-0.39, 0.29) is 0 Å². The standard InChI is InChI=1S/C19H27F/c1-2-5-16-7-11-18(12-8-16)19-13-9-17(10-14-19)6-3-4-15-20/h4,9-10,13-16,18H,2-3,5-8,11-12H2,1H3/b15-4+/t16-,18-. The Kier molecular flexibility index (Phi) is 6.29. The Morgan fingerprint density at radius 1 is 1.10 bits per heavy atom. The van der Waals surface area contributed by atoms with Crippen LogP contribution < -0.4 is 0 Å². The second kappa shape index (κ2) is 8.24. The van der Waals surface area contributed by atoms with Crippen molar-refractivity contribution in [3.05, 3.63) is 47.8 Å². The molecule has 1 aromatic carbocycles. The van der Waals surface area contributed by atoms with Gasteiger partial charge in [0.25, 0.3) is 0 Å². The number of aryl methyl sites for hydroxylation is 1. The second-order valence-electron chi connectivity index (χ2n) is 6.15. The SMILES string of the molecule is CCC[C@H]1CC[C@H](c2ccc(CC/C=C/F)cc2)CC1. The molecule has 110 valence electrons. The van der Waals surface area contributed by atoms with Crippen molar-refractivity contribution < 1.29 is 4.39 Å². The van der Waals surface area contributed by atoms with Crippen LogP contribution in [-0.2, 0) is 6.42 Å². The van der Waals surface area contributed by atoms with Crippen LogP contribution in [0.15, 0.2) is 36.7 Å². The molecule has 0 radical (unpaired) electrons. The van der Waals surface area contributed by atoms with E-state index in [2.05, 4.69) is 31.2 Å². The van der Waals surface area contributed by atoms with Crippen LogP contribution in [-0.4, -0.2) is 0 Å². The molecule has 1 heteroatoms. The Balaban J connectivity index is 1.84. The van der Waals surface area contributed by atoms with Crippen LogP contribution in [0.1, 0.15) is 68.9 Å². The highest BCUT2D eigenvalue weighted by Crippen LogP contribution is 2.37. The average Bonchev–Trinajstić information content (AvgIpc) is 2.49. The Morgan fingerprint density at radius 3 is 2.40 bits per heavy atom. The van der Waals surface area contributed by atoms with Crippen molar-refractivity contribution >= 4 is 0 Å². The molecule has 0 N–H and O–H groups in total. The van der Waals surface area contributed by atoms with Crippen LogP contribution in [0.4, 0.5) is 4.39 Å². The molecule has 2 rings (SSSR count). The molecule has 0 heterocycles. The molecule has 1 fully saturated rings. The fourth-order valence-electron chi connectivity index (χ4n) is 3.46. The molecule has 0 bridgehead atoms. The van der Waals surface area contributed by atoms with E-state index in [4.69, 9.17) is 0 Å². The third kappa shape index (κ3) is 4.47. The fraction of sp³-hybridized carbons (Fsp3) is 0.579. The van der Waals surface area contributed by atoms with Gasteiger partial charge in [-0.2, -0.15) is 0 Å². The quantitative estimate of drug-likeness (QED) is 0.581. The van der Waals surface area contributed by atoms with Crippen molar-refractivity contribution in [3.63, 3.8) is 0 Å². The number of hydrogen-bond acceptors (Lipinski definition) is 0. The second-order valence-corrected chi connectivity index (χ2v) is 6.15. The number of halogens is 1. The van der Waals surface area contributed by atoms with Crippen LogP contribution in [0.3, 0.4) is 0 Å². The van der Waals surface area contributed by atoms with Crippen LogP contribution in [0.25, 0.3) is 0 Å². The predicted molar refractivity (Wildman–Crippen MR) is 84.6 cm³/mol. The van der Waals surface area contributed by atoms with Crippen LogP contribution in [0.5, 0.6) is 0 Å². The van der Waals surface area contributed by atoms with Gasteiger partial charge >= 0.3 is 0 Å². The minimum absolute atomic E-state index is 0.642. The monoisotopic (exact) mass is 274 g/mol. The Hall–Kier alpha value is -1.11. The van der Waals surface area contributed by atoms with E-state index in [1.165, 1.54) is 49.7 Å². The first-order chi connectivity index (χ1) is 9.83. The summed E-state index contributed by atoms with van der Waals surface area (Å²) in [5.41, 5.74) is 2.82. The smallest absolute Gasteiger partial charge is 0.0827 e. The molecule has 0 atom stereocenters. The summed E-state index contributed by atoms with van der Waals surface area (Å²) < 4.78 is 11.9. The van der Waals surface area contributed by atoms with Crippen molar-refractivity contribution in [1.29, 1.82) is 0 Å². The summed E-state index contributed by atoms with van der Waals surface area (Å²) in [5.74, 6) is 1.74. The third-order valence-corrected chi connectivity index (χ3v) is 4.68. The summed E-state index contributed by atoms with van der Waals surface area (Å²) >= 11 is 0. The molecule has 1 aliphatic carbocycles. The number of hydrogen-bond donors (Lipinski definition) is 0. The summed E-state index contributed by atoms with van der Waals surface area (Å²) in [6, 6.07) is 9.03. The van der Waals surface area contributed by atoms with Gasteiger partial charge in [-0.25, -0.2) is 4.39 Å². The molecular weight excluding hydrogens is 247 g/mol. The molecular formula is C19H27F. The first kappa shape index (κ1) is 15.3. The van der Waals surface area contributed by atoms with E-state index < -0.39 is 0 Å². The van der Waals surface area contributed by atoms with E-state index in [9.17, 15) is 4.39 Å². The Morgan fingerprint density at radius 2 is 1.80 bits per heavy atom. The lowest BCUT2D eigenvalue weighted by molar-refractivity contribution is 0.308. The van der Waals surface area contributed by atoms with E-state index in [0.29, 0.717) is 6.33 Å². The molecule has 1 aliphatic rings. The summed E-state index contributed by atoms with van der Waals surface area (Å²) in [7, 11) is 0. The lowest BCUT2D eigenvalue weighted by Gasteiger charge is -2.28. The van der Waals surface area contributed by atoms with E-state index in [1.54, 1.807) is 6.08 Å². The highest BCUT2D eigenvalue weighted by molar-refractivity contribution is 5.26. The van der Waals surface area contributed by atoms with Crippen molar-refractivity contribution in [2.45, 2.75) is 64.2 Å². The Bertz CT molecular complexity index is 396. The van der Waals surface area contributed by atoms with Gasteiger partial charge in [-0.3, -0.25) is 0 Å². The number of rotatable bonds is 6. The van der Waals surface area contributed by atoms with Gasteiger partial charge < -0.3 is 0 Å². The summed E-state index contributed by atoms with van der Waals surface area (Å²) in [6.07, 6.45) is 12.2. The first-order valence-corrected chi connectivity index (χ1v) is 8.17. The maximum Gasteiger partial charge on any atom is 0.0827 e.